The number of hydrogen-bond donors (Lipinski definition) is 2. The molecule has 1 aromatic rings. The molecule has 1 rings (SSSR count). The van der Waals surface area contributed by atoms with Crippen LogP contribution >= 0.6 is 0 Å². The molecule has 0 aliphatic carbocycles. The van der Waals surface area contributed by atoms with Crippen LogP contribution in [0.3, 0.4) is 0 Å². The Morgan fingerprint density at radius 1 is 1.30 bits per heavy atom. The molecule has 0 bridgehead atoms. The number of amides is 1. The summed E-state index contributed by atoms with van der Waals surface area (Å²) < 4.78 is 0. The minimum absolute atomic E-state index is 0.184. The zero-order valence-corrected chi connectivity index (χ0v) is 14.4. The summed E-state index contributed by atoms with van der Waals surface area (Å²) in [6, 6.07) is 2.60. The van der Waals surface area contributed by atoms with Gasteiger partial charge in [0.1, 0.15) is 11.9 Å². The Balaban J connectivity index is 2.78. The Bertz CT molecular complexity index is 514. The first-order valence-electron chi connectivity index (χ1n) is 8.13. The van der Waals surface area contributed by atoms with Gasteiger partial charge in [0.2, 0.25) is 0 Å². The van der Waals surface area contributed by atoms with Crippen LogP contribution in [-0.2, 0) is 4.79 Å². The number of hydrogen-bond acceptors (Lipinski definition) is 4. The molecule has 2 N–H and O–H groups in total. The Kier molecular flexibility index (Phi) is 7.51. The second kappa shape index (κ2) is 9.12. The van der Waals surface area contributed by atoms with E-state index in [-0.39, 0.29) is 5.92 Å². The number of aromatic nitrogens is 1. The number of pyridine rings is 1. The lowest BCUT2D eigenvalue weighted by Crippen LogP contribution is -2.41. The van der Waals surface area contributed by atoms with Gasteiger partial charge in [-0.25, -0.2) is 9.78 Å². The van der Waals surface area contributed by atoms with E-state index in [4.69, 9.17) is 0 Å². The molecule has 0 aliphatic heterocycles. The van der Waals surface area contributed by atoms with Gasteiger partial charge < -0.3 is 15.3 Å². The van der Waals surface area contributed by atoms with Crippen LogP contribution in [0.4, 0.5) is 5.82 Å². The summed E-state index contributed by atoms with van der Waals surface area (Å²) in [5, 5.41) is 11.7. The summed E-state index contributed by atoms with van der Waals surface area (Å²) in [6.07, 6.45) is 2.91. The number of rotatable bonds is 9. The summed E-state index contributed by atoms with van der Waals surface area (Å²) >= 11 is 0. The molecule has 0 spiro atoms. The van der Waals surface area contributed by atoms with Gasteiger partial charge in [-0.15, -0.1) is 0 Å². The average molecular weight is 321 g/mol. The number of carboxylic acid groups (broad SMARTS) is 1. The minimum Gasteiger partial charge on any atom is -0.480 e. The van der Waals surface area contributed by atoms with Crippen molar-refractivity contribution in [2.75, 3.05) is 18.0 Å². The monoisotopic (exact) mass is 321 g/mol. The summed E-state index contributed by atoms with van der Waals surface area (Å²) in [6.45, 7) is 9.76. The lowest BCUT2D eigenvalue weighted by Gasteiger charge is -2.21. The molecule has 0 saturated carbocycles. The molecule has 6 nitrogen and oxygen atoms in total. The smallest absolute Gasteiger partial charge is 0.326 e. The fourth-order valence-electron chi connectivity index (χ4n) is 2.35. The largest absolute Gasteiger partial charge is 0.480 e. The van der Waals surface area contributed by atoms with E-state index in [9.17, 15) is 14.7 Å². The second-order valence-electron chi connectivity index (χ2n) is 5.98. The SMILES string of the molecule is CCCN(CC)c1ccc(C(=O)NC(CC(C)C)C(=O)O)cn1. The van der Waals surface area contributed by atoms with Gasteiger partial charge in [0.25, 0.3) is 5.91 Å². The summed E-state index contributed by atoms with van der Waals surface area (Å²) in [4.78, 5) is 29.9. The molecule has 1 amide bonds. The number of nitrogens with one attached hydrogen (secondary N) is 1. The highest BCUT2D eigenvalue weighted by Crippen LogP contribution is 2.12. The van der Waals surface area contributed by atoms with E-state index in [2.05, 4.69) is 29.0 Å². The van der Waals surface area contributed by atoms with Gasteiger partial charge in [-0.2, -0.15) is 0 Å². The van der Waals surface area contributed by atoms with Crippen LogP contribution in [-0.4, -0.2) is 41.1 Å². The third-order valence-corrected chi connectivity index (χ3v) is 3.52. The van der Waals surface area contributed by atoms with Crippen LogP contribution in [0.2, 0.25) is 0 Å². The van der Waals surface area contributed by atoms with Gasteiger partial charge in [-0.1, -0.05) is 20.8 Å². The molecule has 1 heterocycles. The van der Waals surface area contributed by atoms with Crippen LogP contribution in [0.5, 0.6) is 0 Å². The predicted molar refractivity (Wildman–Crippen MR) is 90.8 cm³/mol. The van der Waals surface area contributed by atoms with E-state index < -0.39 is 17.9 Å². The summed E-state index contributed by atoms with van der Waals surface area (Å²) in [5.41, 5.74) is 0.372. The quantitative estimate of drug-likeness (QED) is 0.730. The van der Waals surface area contributed by atoms with Crippen molar-refractivity contribution >= 4 is 17.7 Å². The fraction of sp³-hybridized carbons (Fsp3) is 0.588. The molecule has 6 heteroatoms. The molecule has 1 atom stereocenters. The highest BCUT2D eigenvalue weighted by Gasteiger charge is 2.22. The van der Waals surface area contributed by atoms with Gasteiger partial charge in [-0.05, 0) is 37.8 Å². The molecule has 0 aromatic carbocycles. The first-order chi connectivity index (χ1) is 10.9. The normalized spacial score (nSPS) is 12.0. The predicted octanol–water partition coefficient (Wildman–Crippen LogP) is 2.55. The Hall–Kier alpha value is -2.11. The van der Waals surface area contributed by atoms with Crippen molar-refractivity contribution in [2.45, 2.75) is 46.6 Å². The van der Waals surface area contributed by atoms with E-state index in [1.807, 2.05) is 13.8 Å². The van der Waals surface area contributed by atoms with Gasteiger partial charge in [-0.3, -0.25) is 4.79 Å². The standard InChI is InChI=1S/C17H27N3O3/c1-5-9-20(6-2)15-8-7-13(11-18-15)16(21)19-14(17(22)23)10-12(3)4/h7-8,11-12,14H,5-6,9-10H2,1-4H3,(H,19,21)(H,22,23). The van der Waals surface area contributed by atoms with Crippen LogP contribution in [0.25, 0.3) is 0 Å². The Morgan fingerprint density at radius 2 is 2.00 bits per heavy atom. The number of anilines is 1. The van der Waals surface area contributed by atoms with Gasteiger partial charge >= 0.3 is 5.97 Å². The van der Waals surface area contributed by atoms with E-state index in [0.29, 0.717) is 12.0 Å². The van der Waals surface area contributed by atoms with Crippen molar-refractivity contribution in [1.29, 1.82) is 0 Å². The minimum atomic E-state index is -1.02. The molecular weight excluding hydrogens is 294 g/mol. The highest BCUT2D eigenvalue weighted by atomic mass is 16.4. The zero-order valence-electron chi connectivity index (χ0n) is 14.4. The highest BCUT2D eigenvalue weighted by molar-refractivity contribution is 5.96. The Morgan fingerprint density at radius 3 is 2.43 bits per heavy atom. The average Bonchev–Trinajstić information content (AvgIpc) is 2.51. The number of nitrogens with zero attached hydrogens (tertiary/aromatic N) is 2. The van der Waals surface area contributed by atoms with Gasteiger partial charge in [0, 0.05) is 19.3 Å². The lowest BCUT2D eigenvalue weighted by molar-refractivity contribution is -0.139. The van der Waals surface area contributed by atoms with Gasteiger partial charge in [0.15, 0.2) is 0 Å². The van der Waals surface area contributed by atoms with Crippen LogP contribution in [0, 0.1) is 5.92 Å². The topological polar surface area (TPSA) is 82.5 Å². The molecule has 23 heavy (non-hydrogen) atoms. The zero-order chi connectivity index (χ0) is 17.4. The maximum atomic E-state index is 12.2. The number of carbonyl (C=O) groups excluding carboxylic acids is 1. The molecule has 0 saturated heterocycles. The van der Waals surface area contributed by atoms with Crippen molar-refractivity contribution < 1.29 is 14.7 Å². The fourth-order valence-corrected chi connectivity index (χ4v) is 2.35. The van der Waals surface area contributed by atoms with Crippen molar-refractivity contribution in [3.05, 3.63) is 23.9 Å². The number of carbonyl (C=O) groups is 2. The van der Waals surface area contributed by atoms with E-state index >= 15 is 0 Å². The number of aliphatic carboxylic acids is 1. The van der Waals surface area contributed by atoms with Crippen molar-refractivity contribution in [1.82, 2.24) is 10.3 Å². The van der Waals surface area contributed by atoms with Crippen molar-refractivity contribution in [3.63, 3.8) is 0 Å². The van der Waals surface area contributed by atoms with Crippen LogP contribution in [0.15, 0.2) is 18.3 Å². The molecular formula is C17H27N3O3. The molecule has 128 valence electrons. The number of carboxylic acids is 1. The second-order valence-corrected chi connectivity index (χ2v) is 5.98. The summed E-state index contributed by atoms with van der Waals surface area (Å²) in [5.74, 6) is -0.417. The maximum Gasteiger partial charge on any atom is 0.326 e. The summed E-state index contributed by atoms with van der Waals surface area (Å²) in [7, 11) is 0. The maximum absolute atomic E-state index is 12.2. The van der Waals surface area contributed by atoms with Crippen molar-refractivity contribution in [3.8, 4) is 0 Å². The first kappa shape index (κ1) is 18.9. The van der Waals surface area contributed by atoms with Crippen LogP contribution < -0.4 is 10.2 Å². The molecule has 0 fully saturated rings. The third kappa shape index (κ3) is 5.88. The first-order valence-corrected chi connectivity index (χ1v) is 8.13. The van der Waals surface area contributed by atoms with E-state index in [1.54, 1.807) is 12.1 Å². The Labute approximate surface area is 137 Å². The molecule has 1 aromatic heterocycles. The third-order valence-electron chi connectivity index (χ3n) is 3.52. The van der Waals surface area contributed by atoms with E-state index in [0.717, 1.165) is 25.3 Å². The van der Waals surface area contributed by atoms with Crippen LogP contribution in [0.1, 0.15) is 50.9 Å². The molecule has 1 unspecified atom stereocenters. The van der Waals surface area contributed by atoms with E-state index in [1.165, 1.54) is 6.20 Å². The lowest BCUT2D eigenvalue weighted by atomic mass is 10.0. The van der Waals surface area contributed by atoms with Gasteiger partial charge in [0.05, 0.1) is 5.56 Å². The molecule has 0 aliphatic rings. The van der Waals surface area contributed by atoms with Crippen molar-refractivity contribution in [2.24, 2.45) is 5.92 Å². The molecule has 0 radical (unpaired) electrons.